The molecule has 96 valence electrons. The van der Waals surface area contributed by atoms with Gasteiger partial charge in [0.1, 0.15) is 22.8 Å². The van der Waals surface area contributed by atoms with Gasteiger partial charge in [-0.1, -0.05) is 13.0 Å². The number of nitrogens with one attached hydrogen (secondary N) is 1. The normalized spacial score (nSPS) is 10.8. The Bertz CT molecular complexity index is 724. The van der Waals surface area contributed by atoms with E-state index >= 15 is 0 Å². The van der Waals surface area contributed by atoms with Gasteiger partial charge in [0.2, 0.25) is 0 Å². The summed E-state index contributed by atoms with van der Waals surface area (Å²) in [7, 11) is 0. The summed E-state index contributed by atoms with van der Waals surface area (Å²) >= 11 is 1.66. The first kappa shape index (κ1) is 12.0. The molecule has 3 nitrogen and oxygen atoms in total. The molecule has 0 unspecified atom stereocenters. The standard InChI is InChI=1S/C14H12FN3S/c1-2-11-7-12-13(16-8-17-14(12)19-11)18-10-5-3-4-9(15)6-10/h3-8H,2H2,1H3,(H,16,17,18). The second kappa shape index (κ2) is 4.93. The fourth-order valence-corrected chi connectivity index (χ4v) is 2.82. The highest BCUT2D eigenvalue weighted by molar-refractivity contribution is 7.18. The second-order valence-electron chi connectivity index (χ2n) is 4.14. The molecule has 0 saturated carbocycles. The van der Waals surface area contributed by atoms with Crippen LogP contribution in [0.1, 0.15) is 11.8 Å². The molecule has 2 heterocycles. The highest BCUT2D eigenvalue weighted by atomic mass is 32.1. The van der Waals surface area contributed by atoms with Crippen LogP contribution in [-0.2, 0) is 6.42 Å². The van der Waals surface area contributed by atoms with Crippen molar-refractivity contribution in [1.29, 1.82) is 0 Å². The van der Waals surface area contributed by atoms with Crippen LogP contribution in [0.4, 0.5) is 15.9 Å². The van der Waals surface area contributed by atoms with Crippen LogP contribution >= 0.6 is 11.3 Å². The van der Waals surface area contributed by atoms with E-state index in [-0.39, 0.29) is 5.82 Å². The number of hydrogen-bond donors (Lipinski definition) is 1. The second-order valence-corrected chi connectivity index (χ2v) is 5.26. The van der Waals surface area contributed by atoms with Gasteiger partial charge in [0.15, 0.2) is 0 Å². The number of thiophene rings is 1. The highest BCUT2D eigenvalue weighted by Gasteiger charge is 2.08. The zero-order chi connectivity index (χ0) is 13.2. The third kappa shape index (κ3) is 2.42. The summed E-state index contributed by atoms with van der Waals surface area (Å²) in [5.41, 5.74) is 0.684. The number of aromatic nitrogens is 2. The van der Waals surface area contributed by atoms with E-state index in [2.05, 4.69) is 28.3 Å². The fourth-order valence-electron chi connectivity index (χ4n) is 1.88. The molecule has 5 heteroatoms. The molecule has 3 rings (SSSR count). The molecular formula is C14H12FN3S. The lowest BCUT2D eigenvalue weighted by molar-refractivity contribution is 0.628. The van der Waals surface area contributed by atoms with Crippen molar-refractivity contribution in [3.63, 3.8) is 0 Å². The Kier molecular flexibility index (Phi) is 3.13. The third-order valence-corrected chi connectivity index (χ3v) is 4.00. The van der Waals surface area contributed by atoms with Crippen molar-refractivity contribution in [2.45, 2.75) is 13.3 Å². The summed E-state index contributed by atoms with van der Waals surface area (Å²) in [5, 5.41) is 4.12. The molecule has 2 aromatic heterocycles. The van der Waals surface area contributed by atoms with Crippen LogP contribution in [0.3, 0.4) is 0 Å². The lowest BCUT2D eigenvalue weighted by atomic mass is 10.3. The Morgan fingerprint density at radius 1 is 1.26 bits per heavy atom. The molecule has 19 heavy (non-hydrogen) atoms. The Morgan fingerprint density at radius 2 is 2.16 bits per heavy atom. The van der Waals surface area contributed by atoms with Crippen LogP contribution in [0.25, 0.3) is 10.2 Å². The first-order chi connectivity index (χ1) is 9.26. The van der Waals surface area contributed by atoms with Gasteiger partial charge in [-0.25, -0.2) is 14.4 Å². The van der Waals surface area contributed by atoms with E-state index in [1.165, 1.54) is 23.3 Å². The van der Waals surface area contributed by atoms with E-state index in [1.807, 2.05) is 6.07 Å². The predicted molar refractivity (Wildman–Crippen MR) is 76.5 cm³/mol. The first-order valence-electron chi connectivity index (χ1n) is 6.02. The molecule has 0 bridgehead atoms. The molecule has 0 atom stereocenters. The molecule has 0 amide bonds. The summed E-state index contributed by atoms with van der Waals surface area (Å²) in [6.45, 7) is 2.11. The van der Waals surface area contributed by atoms with Gasteiger partial charge in [0.05, 0.1) is 5.39 Å². The molecule has 1 N–H and O–H groups in total. The molecule has 0 fully saturated rings. The van der Waals surface area contributed by atoms with Crippen LogP contribution in [0, 0.1) is 5.82 Å². The number of fused-ring (bicyclic) bond motifs is 1. The number of hydrogen-bond acceptors (Lipinski definition) is 4. The van der Waals surface area contributed by atoms with Crippen LogP contribution in [0.5, 0.6) is 0 Å². The molecule has 0 aliphatic carbocycles. The maximum atomic E-state index is 13.2. The first-order valence-corrected chi connectivity index (χ1v) is 6.84. The molecular weight excluding hydrogens is 261 g/mol. The Hall–Kier alpha value is -2.01. The SMILES string of the molecule is CCc1cc2c(Nc3cccc(F)c3)ncnc2s1. The van der Waals surface area contributed by atoms with Gasteiger partial charge in [-0.2, -0.15) is 0 Å². The van der Waals surface area contributed by atoms with E-state index in [1.54, 1.807) is 17.4 Å². The van der Waals surface area contributed by atoms with E-state index in [4.69, 9.17) is 0 Å². The molecule has 0 spiro atoms. The van der Waals surface area contributed by atoms with Gasteiger partial charge < -0.3 is 5.32 Å². The van der Waals surface area contributed by atoms with Crippen molar-refractivity contribution in [2.24, 2.45) is 0 Å². The maximum absolute atomic E-state index is 13.2. The average Bonchev–Trinajstić information content (AvgIpc) is 2.83. The maximum Gasteiger partial charge on any atom is 0.142 e. The summed E-state index contributed by atoms with van der Waals surface area (Å²) in [5.74, 6) is 0.446. The predicted octanol–water partition coefficient (Wildman–Crippen LogP) is 4.14. The van der Waals surface area contributed by atoms with Crippen molar-refractivity contribution in [3.8, 4) is 0 Å². The smallest absolute Gasteiger partial charge is 0.142 e. The molecule has 0 radical (unpaired) electrons. The van der Waals surface area contributed by atoms with Gasteiger partial charge in [-0.05, 0) is 30.7 Å². The topological polar surface area (TPSA) is 37.8 Å². The van der Waals surface area contributed by atoms with Crippen molar-refractivity contribution in [2.75, 3.05) is 5.32 Å². The molecule has 1 aromatic carbocycles. The third-order valence-electron chi connectivity index (χ3n) is 2.82. The quantitative estimate of drug-likeness (QED) is 0.779. The minimum Gasteiger partial charge on any atom is -0.340 e. The molecule has 3 aromatic rings. The number of halogens is 1. The minimum absolute atomic E-state index is 0.269. The number of benzene rings is 1. The Labute approximate surface area is 114 Å². The average molecular weight is 273 g/mol. The number of anilines is 2. The summed E-state index contributed by atoms with van der Waals surface area (Å²) < 4.78 is 13.2. The molecule has 0 saturated heterocycles. The zero-order valence-corrected chi connectivity index (χ0v) is 11.2. The number of rotatable bonds is 3. The number of aryl methyl sites for hydroxylation is 1. The minimum atomic E-state index is -0.269. The Morgan fingerprint density at radius 3 is 2.95 bits per heavy atom. The zero-order valence-electron chi connectivity index (χ0n) is 10.4. The van der Waals surface area contributed by atoms with E-state index in [0.29, 0.717) is 11.5 Å². The van der Waals surface area contributed by atoms with E-state index < -0.39 is 0 Å². The van der Waals surface area contributed by atoms with Crippen LogP contribution in [0.2, 0.25) is 0 Å². The lowest BCUT2D eigenvalue weighted by Crippen LogP contribution is -1.94. The fraction of sp³-hybridized carbons (Fsp3) is 0.143. The molecule has 0 aliphatic rings. The summed E-state index contributed by atoms with van der Waals surface area (Å²) in [6, 6.07) is 8.43. The van der Waals surface area contributed by atoms with E-state index in [0.717, 1.165) is 16.6 Å². The van der Waals surface area contributed by atoms with E-state index in [9.17, 15) is 4.39 Å². The van der Waals surface area contributed by atoms with Crippen molar-refractivity contribution >= 4 is 33.1 Å². The highest BCUT2D eigenvalue weighted by Crippen LogP contribution is 2.30. The van der Waals surface area contributed by atoms with Gasteiger partial charge in [0.25, 0.3) is 0 Å². The van der Waals surface area contributed by atoms with Crippen LogP contribution in [0.15, 0.2) is 36.7 Å². The summed E-state index contributed by atoms with van der Waals surface area (Å²) in [6.07, 6.45) is 2.50. The van der Waals surface area contributed by atoms with Crippen molar-refractivity contribution in [3.05, 3.63) is 47.4 Å². The van der Waals surface area contributed by atoms with Crippen LogP contribution < -0.4 is 5.32 Å². The van der Waals surface area contributed by atoms with Crippen molar-refractivity contribution < 1.29 is 4.39 Å². The molecule has 0 aliphatic heterocycles. The number of nitrogens with zero attached hydrogens (tertiary/aromatic N) is 2. The summed E-state index contributed by atoms with van der Waals surface area (Å²) in [4.78, 5) is 10.7. The van der Waals surface area contributed by atoms with Crippen molar-refractivity contribution in [1.82, 2.24) is 9.97 Å². The van der Waals surface area contributed by atoms with Crippen LogP contribution in [-0.4, -0.2) is 9.97 Å². The lowest BCUT2D eigenvalue weighted by Gasteiger charge is -2.05. The van der Waals surface area contributed by atoms with Gasteiger partial charge >= 0.3 is 0 Å². The monoisotopic (exact) mass is 273 g/mol. The Balaban J connectivity index is 2.02. The van der Waals surface area contributed by atoms with Gasteiger partial charge in [-0.15, -0.1) is 11.3 Å². The largest absolute Gasteiger partial charge is 0.340 e. The van der Waals surface area contributed by atoms with Gasteiger partial charge in [0, 0.05) is 10.6 Å². The van der Waals surface area contributed by atoms with Gasteiger partial charge in [-0.3, -0.25) is 0 Å².